The smallest absolute Gasteiger partial charge is 0.241 e. The molecule has 0 saturated carbocycles. The zero-order valence-electron chi connectivity index (χ0n) is 12.2. The molecule has 1 aliphatic heterocycles. The van der Waals surface area contributed by atoms with Crippen LogP contribution in [0.2, 0.25) is 0 Å². The molecule has 1 aromatic heterocycles. The van der Waals surface area contributed by atoms with Gasteiger partial charge in [-0.05, 0) is 38.1 Å². The molecule has 0 amide bonds. The van der Waals surface area contributed by atoms with Gasteiger partial charge in [0.05, 0.1) is 6.54 Å². The lowest BCUT2D eigenvalue weighted by molar-refractivity contribution is 0.0947. The van der Waals surface area contributed by atoms with Crippen molar-refractivity contribution in [3.8, 4) is 11.4 Å². The highest BCUT2D eigenvalue weighted by Crippen LogP contribution is 2.18. The average molecular weight is 290 g/mol. The summed E-state index contributed by atoms with van der Waals surface area (Å²) < 4.78 is 18.3. The highest BCUT2D eigenvalue weighted by Gasteiger charge is 2.26. The van der Waals surface area contributed by atoms with Crippen LogP contribution in [0.1, 0.15) is 19.7 Å². The Balaban J connectivity index is 1.74. The highest BCUT2D eigenvalue weighted by atomic mass is 19.1. The lowest BCUT2D eigenvalue weighted by atomic mass is 10.1. The first-order valence-electron chi connectivity index (χ1n) is 7.18. The Morgan fingerprint density at radius 3 is 2.57 bits per heavy atom. The molecule has 2 atom stereocenters. The van der Waals surface area contributed by atoms with Crippen molar-refractivity contribution in [3.63, 3.8) is 0 Å². The summed E-state index contributed by atoms with van der Waals surface area (Å²) >= 11 is 0. The van der Waals surface area contributed by atoms with Crippen LogP contribution in [0.25, 0.3) is 11.4 Å². The van der Waals surface area contributed by atoms with E-state index in [9.17, 15) is 4.39 Å². The van der Waals surface area contributed by atoms with E-state index in [0.29, 0.717) is 30.3 Å². The van der Waals surface area contributed by atoms with Gasteiger partial charge in [-0.1, -0.05) is 5.16 Å². The van der Waals surface area contributed by atoms with E-state index in [4.69, 9.17) is 4.52 Å². The normalized spacial score (nSPS) is 23.4. The maximum absolute atomic E-state index is 12.9. The summed E-state index contributed by atoms with van der Waals surface area (Å²) in [5.74, 6) is 0.821. The van der Waals surface area contributed by atoms with Crippen molar-refractivity contribution in [2.45, 2.75) is 32.5 Å². The predicted octanol–water partition coefficient (Wildman–Crippen LogP) is 2.06. The van der Waals surface area contributed by atoms with Gasteiger partial charge < -0.3 is 9.84 Å². The molecule has 6 heteroatoms. The number of piperazine rings is 1. The van der Waals surface area contributed by atoms with Gasteiger partial charge in [-0.3, -0.25) is 4.90 Å². The molecule has 5 nitrogen and oxygen atoms in total. The molecule has 3 rings (SSSR count). The van der Waals surface area contributed by atoms with Crippen LogP contribution in [-0.2, 0) is 6.54 Å². The zero-order valence-corrected chi connectivity index (χ0v) is 12.2. The fraction of sp³-hybridized carbons (Fsp3) is 0.467. The zero-order chi connectivity index (χ0) is 14.8. The maximum atomic E-state index is 12.9. The van der Waals surface area contributed by atoms with Gasteiger partial charge in [0.15, 0.2) is 0 Å². The minimum absolute atomic E-state index is 0.272. The minimum Gasteiger partial charge on any atom is -0.338 e. The van der Waals surface area contributed by atoms with E-state index in [-0.39, 0.29) is 5.82 Å². The number of halogens is 1. The van der Waals surface area contributed by atoms with Crippen LogP contribution >= 0.6 is 0 Å². The van der Waals surface area contributed by atoms with Crippen LogP contribution in [0.3, 0.4) is 0 Å². The monoisotopic (exact) mass is 290 g/mol. The van der Waals surface area contributed by atoms with Crippen molar-refractivity contribution >= 4 is 0 Å². The quantitative estimate of drug-likeness (QED) is 0.937. The standard InChI is InChI=1S/C15H19FN4O/c1-10-7-17-8-11(2)20(10)9-14-18-15(19-21-14)12-3-5-13(16)6-4-12/h3-6,10-11,17H,7-9H2,1-2H3. The Morgan fingerprint density at radius 2 is 1.90 bits per heavy atom. The van der Waals surface area contributed by atoms with Gasteiger partial charge in [-0.2, -0.15) is 4.98 Å². The number of benzene rings is 1. The first kappa shape index (κ1) is 14.2. The second kappa shape index (κ2) is 5.91. The molecule has 1 aromatic carbocycles. The number of nitrogens with zero attached hydrogens (tertiary/aromatic N) is 3. The molecule has 0 aliphatic carbocycles. The summed E-state index contributed by atoms with van der Waals surface area (Å²) in [6, 6.07) is 6.95. The Morgan fingerprint density at radius 1 is 1.24 bits per heavy atom. The van der Waals surface area contributed by atoms with Crippen molar-refractivity contribution < 1.29 is 8.91 Å². The van der Waals surface area contributed by atoms with E-state index >= 15 is 0 Å². The molecule has 21 heavy (non-hydrogen) atoms. The van der Waals surface area contributed by atoms with Crippen molar-refractivity contribution in [1.82, 2.24) is 20.4 Å². The summed E-state index contributed by atoms with van der Waals surface area (Å²) in [6.07, 6.45) is 0. The molecule has 0 spiro atoms. The third-order valence-corrected chi connectivity index (χ3v) is 3.90. The van der Waals surface area contributed by atoms with Crippen LogP contribution in [0, 0.1) is 5.82 Å². The van der Waals surface area contributed by atoms with Gasteiger partial charge >= 0.3 is 0 Å². The lowest BCUT2D eigenvalue weighted by Gasteiger charge is -2.38. The Bertz CT molecular complexity index is 588. The molecule has 0 bridgehead atoms. The Labute approximate surface area is 123 Å². The fourth-order valence-corrected chi connectivity index (χ4v) is 2.67. The van der Waals surface area contributed by atoms with Crippen LogP contribution in [-0.4, -0.2) is 40.2 Å². The van der Waals surface area contributed by atoms with E-state index in [2.05, 4.69) is 34.2 Å². The molecule has 1 N–H and O–H groups in total. The number of aromatic nitrogens is 2. The second-order valence-corrected chi connectivity index (χ2v) is 5.55. The summed E-state index contributed by atoms with van der Waals surface area (Å²) in [4.78, 5) is 6.76. The molecule has 1 saturated heterocycles. The van der Waals surface area contributed by atoms with Gasteiger partial charge in [-0.15, -0.1) is 0 Å². The summed E-state index contributed by atoms with van der Waals surface area (Å²) in [5.41, 5.74) is 0.757. The number of hydrogen-bond donors (Lipinski definition) is 1. The molecule has 1 aliphatic rings. The summed E-state index contributed by atoms with van der Waals surface area (Å²) in [7, 11) is 0. The van der Waals surface area contributed by atoms with E-state index in [0.717, 1.165) is 18.7 Å². The maximum Gasteiger partial charge on any atom is 0.241 e. The van der Waals surface area contributed by atoms with E-state index < -0.39 is 0 Å². The molecule has 2 heterocycles. The highest BCUT2D eigenvalue weighted by molar-refractivity contribution is 5.53. The third kappa shape index (κ3) is 3.11. The van der Waals surface area contributed by atoms with E-state index in [1.165, 1.54) is 12.1 Å². The molecule has 0 radical (unpaired) electrons. The van der Waals surface area contributed by atoms with Crippen LogP contribution in [0.5, 0.6) is 0 Å². The third-order valence-electron chi connectivity index (χ3n) is 3.90. The van der Waals surface area contributed by atoms with Gasteiger partial charge in [0.25, 0.3) is 0 Å². The summed E-state index contributed by atoms with van der Waals surface area (Å²) in [5, 5.41) is 7.37. The van der Waals surface area contributed by atoms with Gasteiger partial charge in [-0.25, -0.2) is 4.39 Å². The van der Waals surface area contributed by atoms with Gasteiger partial charge in [0, 0.05) is 30.7 Å². The molecular weight excluding hydrogens is 271 g/mol. The van der Waals surface area contributed by atoms with Gasteiger partial charge in [0.1, 0.15) is 5.82 Å². The SMILES string of the molecule is CC1CNCC(C)N1Cc1nc(-c2ccc(F)cc2)no1. The average Bonchev–Trinajstić information content (AvgIpc) is 2.92. The fourth-order valence-electron chi connectivity index (χ4n) is 2.67. The molecule has 2 aromatic rings. The van der Waals surface area contributed by atoms with Crippen molar-refractivity contribution in [2.24, 2.45) is 0 Å². The number of nitrogens with one attached hydrogen (secondary N) is 1. The van der Waals surface area contributed by atoms with Crippen molar-refractivity contribution in [1.29, 1.82) is 0 Å². The topological polar surface area (TPSA) is 54.2 Å². The molecule has 2 unspecified atom stereocenters. The molecule has 112 valence electrons. The Kier molecular flexibility index (Phi) is 3.98. The second-order valence-electron chi connectivity index (χ2n) is 5.55. The predicted molar refractivity (Wildman–Crippen MR) is 77.0 cm³/mol. The Hall–Kier alpha value is -1.79. The minimum atomic E-state index is -0.272. The number of rotatable bonds is 3. The van der Waals surface area contributed by atoms with Crippen LogP contribution in [0.4, 0.5) is 4.39 Å². The first-order valence-corrected chi connectivity index (χ1v) is 7.18. The summed E-state index contributed by atoms with van der Waals surface area (Å²) in [6.45, 7) is 6.92. The van der Waals surface area contributed by atoms with Crippen molar-refractivity contribution in [3.05, 3.63) is 36.0 Å². The number of hydrogen-bond acceptors (Lipinski definition) is 5. The van der Waals surface area contributed by atoms with Gasteiger partial charge in [0.2, 0.25) is 11.7 Å². The molecule has 1 fully saturated rings. The van der Waals surface area contributed by atoms with E-state index in [1.54, 1.807) is 12.1 Å². The molecular formula is C15H19FN4O. The van der Waals surface area contributed by atoms with Crippen LogP contribution < -0.4 is 5.32 Å². The lowest BCUT2D eigenvalue weighted by Crippen LogP contribution is -2.54. The largest absolute Gasteiger partial charge is 0.338 e. The first-order chi connectivity index (χ1) is 10.1. The van der Waals surface area contributed by atoms with Crippen LogP contribution in [0.15, 0.2) is 28.8 Å². The van der Waals surface area contributed by atoms with Crippen molar-refractivity contribution in [2.75, 3.05) is 13.1 Å². The van der Waals surface area contributed by atoms with E-state index in [1.807, 2.05) is 0 Å².